The Morgan fingerprint density at radius 1 is 1.20 bits per heavy atom. The monoisotopic (exact) mass is 441 g/mol. The van der Waals surface area contributed by atoms with E-state index < -0.39 is 0 Å². The SMILES string of the molecule is O=C(CCc1nc(-c2ccsc2)no1)Nc1ccc2nc(N3CCOCC3)sc2c1. The van der Waals surface area contributed by atoms with Crippen molar-refractivity contribution in [1.29, 1.82) is 0 Å². The van der Waals surface area contributed by atoms with E-state index in [1.165, 1.54) is 0 Å². The number of aromatic nitrogens is 3. The molecular formula is C20H19N5O3S2. The Hall–Kier alpha value is -2.82. The molecule has 4 heterocycles. The van der Waals surface area contributed by atoms with E-state index in [2.05, 4.69) is 20.4 Å². The van der Waals surface area contributed by atoms with Crippen molar-refractivity contribution in [3.8, 4) is 11.4 Å². The van der Waals surface area contributed by atoms with Gasteiger partial charge in [0.15, 0.2) is 5.13 Å². The van der Waals surface area contributed by atoms with Crippen molar-refractivity contribution in [1.82, 2.24) is 15.1 Å². The second kappa shape index (κ2) is 8.50. The van der Waals surface area contributed by atoms with E-state index in [0.29, 0.717) is 18.1 Å². The number of benzene rings is 1. The third-order valence-electron chi connectivity index (χ3n) is 4.76. The molecule has 0 unspecified atom stereocenters. The Morgan fingerprint density at radius 3 is 2.93 bits per heavy atom. The van der Waals surface area contributed by atoms with Crippen molar-refractivity contribution < 1.29 is 14.1 Å². The second-order valence-corrected chi connectivity index (χ2v) is 8.64. The molecule has 0 saturated carbocycles. The number of nitrogens with one attached hydrogen (secondary N) is 1. The van der Waals surface area contributed by atoms with E-state index in [-0.39, 0.29) is 12.3 Å². The van der Waals surface area contributed by atoms with Crippen molar-refractivity contribution in [2.75, 3.05) is 36.5 Å². The molecule has 1 saturated heterocycles. The molecule has 10 heteroatoms. The van der Waals surface area contributed by atoms with E-state index in [4.69, 9.17) is 14.2 Å². The normalized spacial score (nSPS) is 14.3. The molecule has 1 aliphatic rings. The molecule has 0 spiro atoms. The lowest BCUT2D eigenvalue weighted by molar-refractivity contribution is -0.116. The average molecular weight is 442 g/mol. The third-order valence-corrected chi connectivity index (χ3v) is 6.52. The van der Waals surface area contributed by atoms with Crippen LogP contribution in [0.15, 0.2) is 39.5 Å². The fourth-order valence-corrected chi connectivity index (χ4v) is 4.88. The predicted molar refractivity (Wildman–Crippen MR) is 117 cm³/mol. The minimum Gasteiger partial charge on any atom is -0.378 e. The lowest BCUT2D eigenvalue weighted by atomic mass is 10.2. The number of morpholine rings is 1. The van der Waals surface area contributed by atoms with Crippen LogP contribution in [0.4, 0.5) is 10.8 Å². The Balaban J connectivity index is 1.20. The van der Waals surface area contributed by atoms with Crippen molar-refractivity contribution >= 4 is 49.6 Å². The Bertz CT molecular complexity index is 1150. The fourth-order valence-electron chi connectivity index (χ4n) is 3.19. The zero-order chi connectivity index (χ0) is 20.3. The first-order valence-corrected chi connectivity index (χ1v) is 11.4. The Labute approximate surface area is 180 Å². The van der Waals surface area contributed by atoms with Crippen LogP contribution in [-0.4, -0.2) is 47.3 Å². The first-order valence-electron chi connectivity index (χ1n) is 9.63. The number of thiazole rings is 1. The maximum Gasteiger partial charge on any atom is 0.227 e. The molecule has 5 rings (SSSR count). The first kappa shape index (κ1) is 19.2. The first-order chi connectivity index (χ1) is 14.7. The number of rotatable bonds is 6. The number of anilines is 2. The molecule has 0 atom stereocenters. The van der Waals surface area contributed by atoms with Crippen LogP contribution in [0.1, 0.15) is 12.3 Å². The second-order valence-electron chi connectivity index (χ2n) is 6.85. The summed E-state index contributed by atoms with van der Waals surface area (Å²) >= 11 is 3.21. The molecule has 1 fully saturated rings. The van der Waals surface area contributed by atoms with Gasteiger partial charge in [-0.15, -0.1) is 0 Å². The van der Waals surface area contributed by atoms with Gasteiger partial charge in [0.05, 0.1) is 23.4 Å². The zero-order valence-electron chi connectivity index (χ0n) is 16.0. The highest BCUT2D eigenvalue weighted by Gasteiger charge is 2.16. The third kappa shape index (κ3) is 4.20. The standard InChI is InChI=1S/C20H19N5O3S2/c26-17(3-4-18-23-19(24-28-18)13-5-10-29-12-13)21-14-1-2-15-16(11-14)30-20(22-15)25-6-8-27-9-7-25/h1-2,5,10-12H,3-4,6-9H2,(H,21,26). The van der Waals surface area contributed by atoms with E-state index in [9.17, 15) is 4.79 Å². The molecule has 4 aromatic rings. The summed E-state index contributed by atoms with van der Waals surface area (Å²) in [4.78, 5) is 23.7. The van der Waals surface area contributed by atoms with Gasteiger partial charge in [0.2, 0.25) is 17.6 Å². The highest BCUT2D eigenvalue weighted by molar-refractivity contribution is 7.22. The van der Waals surface area contributed by atoms with E-state index in [1.807, 2.05) is 35.0 Å². The molecule has 154 valence electrons. The molecule has 30 heavy (non-hydrogen) atoms. The van der Waals surface area contributed by atoms with Crippen LogP contribution in [0.25, 0.3) is 21.6 Å². The number of fused-ring (bicyclic) bond motifs is 1. The summed E-state index contributed by atoms with van der Waals surface area (Å²) in [6.07, 6.45) is 0.665. The van der Waals surface area contributed by atoms with Crippen molar-refractivity contribution in [2.45, 2.75) is 12.8 Å². The molecule has 1 aliphatic heterocycles. The summed E-state index contributed by atoms with van der Waals surface area (Å²) in [5.41, 5.74) is 2.62. The maximum atomic E-state index is 12.4. The Kier molecular flexibility index (Phi) is 5.43. The number of carbonyl (C=O) groups is 1. The maximum absolute atomic E-state index is 12.4. The minimum absolute atomic E-state index is 0.0949. The van der Waals surface area contributed by atoms with Gasteiger partial charge in [0.25, 0.3) is 0 Å². The van der Waals surface area contributed by atoms with Crippen LogP contribution in [0.3, 0.4) is 0 Å². The summed E-state index contributed by atoms with van der Waals surface area (Å²) in [6.45, 7) is 3.17. The molecule has 1 amide bonds. The van der Waals surface area contributed by atoms with Crippen LogP contribution in [0.2, 0.25) is 0 Å². The largest absolute Gasteiger partial charge is 0.378 e. The highest BCUT2D eigenvalue weighted by Crippen LogP contribution is 2.31. The van der Waals surface area contributed by atoms with Gasteiger partial charge in [-0.3, -0.25) is 4.79 Å². The Morgan fingerprint density at radius 2 is 2.10 bits per heavy atom. The summed E-state index contributed by atoms with van der Waals surface area (Å²) in [7, 11) is 0. The number of hydrogen-bond acceptors (Lipinski definition) is 9. The summed E-state index contributed by atoms with van der Waals surface area (Å²) in [5, 5.41) is 11.8. The summed E-state index contributed by atoms with van der Waals surface area (Å²) < 4.78 is 11.7. The van der Waals surface area contributed by atoms with E-state index in [0.717, 1.165) is 52.9 Å². The zero-order valence-corrected chi connectivity index (χ0v) is 17.7. The lowest BCUT2D eigenvalue weighted by Crippen LogP contribution is -2.36. The number of aryl methyl sites for hydroxylation is 1. The molecule has 3 aromatic heterocycles. The number of ether oxygens (including phenoxy) is 1. The molecule has 1 N–H and O–H groups in total. The van der Waals surface area contributed by atoms with Crippen LogP contribution < -0.4 is 10.2 Å². The number of hydrogen-bond donors (Lipinski definition) is 1. The molecule has 8 nitrogen and oxygen atoms in total. The number of amides is 1. The molecule has 0 radical (unpaired) electrons. The van der Waals surface area contributed by atoms with Gasteiger partial charge in [-0.2, -0.15) is 16.3 Å². The summed E-state index contributed by atoms with van der Waals surface area (Å²) in [6, 6.07) is 7.73. The summed E-state index contributed by atoms with van der Waals surface area (Å²) in [5.74, 6) is 0.917. The van der Waals surface area contributed by atoms with Crippen LogP contribution in [-0.2, 0) is 16.0 Å². The lowest BCUT2D eigenvalue weighted by Gasteiger charge is -2.25. The topological polar surface area (TPSA) is 93.4 Å². The van der Waals surface area contributed by atoms with Gasteiger partial charge in [-0.05, 0) is 29.6 Å². The fraction of sp³-hybridized carbons (Fsp3) is 0.300. The van der Waals surface area contributed by atoms with Gasteiger partial charge in [-0.1, -0.05) is 16.5 Å². The van der Waals surface area contributed by atoms with Gasteiger partial charge < -0.3 is 19.5 Å². The van der Waals surface area contributed by atoms with Crippen molar-refractivity contribution in [3.05, 3.63) is 40.9 Å². The van der Waals surface area contributed by atoms with Crippen molar-refractivity contribution in [3.63, 3.8) is 0 Å². The van der Waals surface area contributed by atoms with Gasteiger partial charge >= 0.3 is 0 Å². The number of thiophene rings is 1. The average Bonchev–Trinajstić information content (AvgIpc) is 3.52. The van der Waals surface area contributed by atoms with Gasteiger partial charge in [-0.25, -0.2) is 4.98 Å². The number of carbonyl (C=O) groups excluding carboxylic acids is 1. The van der Waals surface area contributed by atoms with Gasteiger partial charge in [0.1, 0.15) is 0 Å². The van der Waals surface area contributed by atoms with E-state index in [1.54, 1.807) is 22.7 Å². The quantitative estimate of drug-likeness (QED) is 0.486. The van der Waals surface area contributed by atoms with E-state index >= 15 is 0 Å². The predicted octanol–water partition coefficient (Wildman–Crippen LogP) is 3.82. The molecule has 1 aromatic carbocycles. The van der Waals surface area contributed by atoms with Gasteiger partial charge in [0, 0.05) is 42.6 Å². The van der Waals surface area contributed by atoms with Crippen LogP contribution in [0, 0.1) is 0 Å². The van der Waals surface area contributed by atoms with Crippen molar-refractivity contribution in [2.24, 2.45) is 0 Å². The molecular weight excluding hydrogens is 422 g/mol. The smallest absolute Gasteiger partial charge is 0.227 e. The van der Waals surface area contributed by atoms with Crippen LogP contribution >= 0.6 is 22.7 Å². The van der Waals surface area contributed by atoms with Crippen LogP contribution in [0.5, 0.6) is 0 Å². The number of nitrogens with zero attached hydrogens (tertiary/aromatic N) is 4. The highest BCUT2D eigenvalue weighted by atomic mass is 32.1. The molecule has 0 bridgehead atoms. The molecule has 0 aliphatic carbocycles. The minimum atomic E-state index is -0.0949.